The molecule has 3 aromatic carbocycles. The van der Waals surface area contributed by atoms with E-state index in [9.17, 15) is 9.59 Å². The second-order valence-electron chi connectivity index (χ2n) is 12.7. The van der Waals surface area contributed by atoms with Crippen LogP contribution in [0.4, 0.5) is 4.79 Å². The molecule has 0 aliphatic carbocycles. The maximum atomic E-state index is 13.6. The molecule has 1 fully saturated rings. The van der Waals surface area contributed by atoms with E-state index < -0.39 is 38.1 Å². The fourth-order valence-electron chi connectivity index (χ4n) is 5.47. The molecule has 1 heterocycles. The molecule has 0 radical (unpaired) electrons. The van der Waals surface area contributed by atoms with Gasteiger partial charge in [0.25, 0.3) is 14.2 Å². The van der Waals surface area contributed by atoms with Crippen molar-refractivity contribution in [2.45, 2.75) is 77.4 Å². The molecule has 0 N–H and O–H groups in total. The minimum Gasteiger partial charge on any atom is -0.443 e. The van der Waals surface area contributed by atoms with Gasteiger partial charge in [-0.3, -0.25) is 4.79 Å². The standard InChI is InChI=1S/C34H43NO6Si/c1-33(2,3)41-32(37)35-27(22-30(31(35)36)39-25-38-23-26-16-10-7-11-17-26)24-40-42(34(4,5)6,28-18-12-8-13-19-28)29-20-14-9-15-21-29/h7-21,27,30H,22-25H2,1-6H3/t27-,30+/m1/s1. The zero-order valence-electron chi connectivity index (χ0n) is 25.5. The van der Waals surface area contributed by atoms with Crippen LogP contribution < -0.4 is 10.4 Å². The topological polar surface area (TPSA) is 74.3 Å². The number of carbonyl (C=O) groups is 2. The molecule has 2 amide bonds. The van der Waals surface area contributed by atoms with Crippen LogP contribution in [-0.2, 0) is 30.0 Å². The number of hydrogen-bond donors (Lipinski definition) is 0. The van der Waals surface area contributed by atoms with Gasteiger partial charge in [-0.25, -0.2) is 9.69 Å². The Kier molecular flexibility index (Phi) is 10.0. The van der Waals surface area contributed by atoms with Gasteiger partial charge in [0.15, 0.2) is 0 Å². The Balaban J connectivity index is 1.59. The van der Waals surface area contributed by atoms with Crippen LogP contribution in [0.2, 0.25) is 5.04 Å². The summed E-state index contributed by atoms with van der Waals surface area (Å²) in [5.41, 5.74) is 0.240. The van der Waals surface area contributed by atoms with E-state index in [0.717, 1.165) is 15.9 Å². The molecule has 224 valence electrons. The van der Waals surface area contributed by atoms with E-state index in [-0.39, 0.29) is 24.9 Å². The highest BCUT2D eigenvalue weighted by Gasteiger charge is 2.52. The van der Waals surface area contributed by atoms with E-state index in [0.29, 0.717) is 6.61 Å². The molecule has 0 unspecified atom stereocenters. The Morgan fingerprint density at radius 2 is 1.36 bits per heavy atom. The van der Waals surface area contributed by atoms with Crippen molar-refractivity contribution in [3.8, 4) is 0 Å². The number of amides is 2. The Morgan fingerprint density at radius 1 is 0.833 bits per heavy atom. The van der Waals surface area contributed by atoms with E-state index in [1.165, 1.54) is 4.90 Å². The summed E-state index contributed by atoms with van der Waals surface area (Å²) in [6.45, 7) is 12.4. The fourth-order valence-corrected chi connectivity index (χ4v) is 10.1. The fraction of sp³-hybridized carbons (Fsp3) is 0.412. The molecule has 4 rings (SSSR count). The highest BCUT2D eigenvalue weighted by atomic mass is 28.4. The van der Waals surface area contributed by atoms with Crippen molar-refractivity contribution >= 4 is 30.7 Å². The Labute approximate surface area is 250 Å². The summed E-state index contributed by atoms with van der Waals surface area (Å²) < 4.78 is 24.3. The molecule has 1 aliphatic heterocycles. The number of imide groups is 1. The average Bonchev–Trinajstić information content (AvgIpc) is 3.26. The van der Waals surface area contributed by atoms with Crippen molar-refractivity contribution in [2.24, 2.45) is 0 Å². The van der Waals surface area contributed by atoms with Crippen LogP contribution in [0, 0.1) is 0 Å². The van der Waals surface area contributed by atoms with Crippen LogP contribution in [0.5, 0.6) is 0 Å². The van der Waals surface area contributed by atoms with E-state index in [4.69, 9.17) is 18.6 Å². The molecular formula is C34H43NO6Si. The predicted molar refractivity (Wildman–Crippen MR) is 166 cm³/mol. The van der Waals surface area contributed by atoms with Gasteiger partial charge in [-0.05, 0) is 41.7 Å². The van der Waals surface area contributed by atoms with Crippen molar-refractivity contribution in [2.75, 3.05) is 13.4 Å². The summed E-state index contributed by atoms with van der Waals surface area (Å²) in [7, 11) is -2.90. The van der Waals surface area contributed by atoms with E-state index in [1.807, 2.05) is 66.7 Å². The number of hydrogen-bond acceptors (Lipinski definition) is 6. The van der Waals surface area contributed by atoms with Gasteiger partial charge in [0, 0.05) is 6.42 Å². The molecule has 42 heavy (non-hydrogen) atoms. The lowest BCUT2D eigenvalue weighted by Gasteiger charge is -2.43. The van der Waals surface area contributed by atoms with Gasteiger partial charge in [0.2, 0.25) is 0 Å². The largest absolute Gasteiger partial charge is 0.443 e. The second-order valence-corrected chi connectivity index (χ2v) is 17.0. The van der Waals surface area contributed by atoms with Gasteiger partial charge >= 0.3 is 6.09 Å². The first-order valence-corrected chi connectivity index (χ1v) is 16.4. The van der Waals surface area contributed by atoms with Crippen molar-refractivity contribution in [1.29, 1.82) is 0 Å². The zero-order chi connectivity index (χ0) is 30.4. The number of rotatable bonds is 10. The van der Waals surface area contributed by atoms with Gasteiger partial charge in [0.05, 0.1) is 19.3 Å². The monoisotopic (exact) mass is 589 g/mol. The summed E-state index contributed by atoms with van der Waals surface area (Å²) in [5, 5.41) is 1.99. The summed E-state index contributed by atoms with van der Waals surface area (Å²) >= 11 is 0. The third kappa shape index (κ3) is 7.36. The number of ether oxygens (including phenoxy) is 3. The van der Waals surface area contributed by atoms with Crippen LogP contribution in [0.25, 0.3) is 0 Å². The quantitative estimate of drug-likeness (QED) is 0.173. The SMILES string of the molecule is CC(C)(C)OC(=O)N1C(=O)[C@@H](OCOCc2ccccc2)C[C@@H]1CO[Si](c1ccccc1)(c1ccccc1)C(C)(C)C. The van der Waals surface area contributed by atoms with Crippen molar-refractivity contribution in [1.82, 2.24) is 4.90 Å². The number of carbonyl (C=O) groups excluding carboxylic acids is 2. The first kappa shape index (κ1) is 31.6. The molecule has 0 saturated carbocycles. The van der Waals surface area contributed by atoms with Gasteiger partial charge in [0.1, 0.15) is 18.5 Å². The molecule has 0 bridgehead atoms. The first-order chi connectivity index (χ1) is 19.9. The molecule has 3 aromatic rings. The average molecular weight is 590 g/mol. The summed E-state index contributed by atoms with van der Waals surface area (Å²) in [4.78, 5) is 28.1. The lowest BCUT2D eigenvalue weighted by Crippen LogP contribution is -2.67. The van der Waals surface area contributed by atoms with Gasteiger partial charge in [-0.2, -0.15) is 0 Å². The van der Waals surface area contributed by atoms with Gasteiger partial charge in [-0.15, -0.1) is 0 Å². The van der Waals surface area contributed by atoms with Crippen molar-refractivity contribution in [3.05, 3.63) is 96.6 Å². The van der Waals surface area contributed by atoms with Crippen LogP contribution in [0.3, 0.4) is 0 Å². The predicted octanol–water partition coefficient (Wildman–Crippen LogP) is 5.66. The zero-order valence-corrected chi connectivity index (χ0v) is 26.5. The van der Waals surface area contributed by atoms with E-state index >= 15 is 0 Å². The number of benzene rings is 3. The molecule has 1 aliphatic rings. The normalized spacial score (nSPS) is 17.9. The Bertz CT molecular complexity index is 1270. The van der Waals surface area contributed by atoms with Crippen molar-refractivity contribution < 1.29 is 28.2 Å². The van der Waals surface area contributed by atoms with Crippen LogP contribution >= 0.6 is 0 Å². The molecule has 7 nitrogen and oxygen atoms in total. The lowest BCUT2D eigenvalue weighted by atomic mass is 10.2. The minimum absolute atomic E-state index is 0.0737. The minimum atomic E-state index is -2.90. The molecule has 2 atom stereocenters. The molecule has 0 spiro atoms. The summed E-state index contributed by atoms with van der Waals surface area (Å²) in [6.07, 6.45) is -1.26. The Morgan fingerprint density at radius 3 is 1.86 bits per heavy atom. The van der Waals surface area contributed by atoms with Crippen LogP contribution in [-0.4, -0.2) is 56.4 Å². The summed E-state index contributed by atoms with van der Waals surface area (Å²) in [5.74, 6) is -0.441. The molecule has 1 saturated heterocycles. The number of likely N-dealkylation sites (tertiary alicyclic amines) is 1. The van der Waals surface area contributed by atoms with E-state index in [1.54, 1.807) is 20.8 Å². The summed E-state index contributed by atoms with van der Waals surface area (Å²) in [6, 6.07) is 29.8. The maximum absolute atomic E-state index is 13.6. The highest BCUT2D eigenvalue weighted by Crippen LogP contribution is 2.37. The Hall–Kier alpha value is -3.30. The third-order valence-corrected chi connectivity index (χ3v) is 12.3. The smallest absolute Gasteiger partial charge is 0.417 e. The maximum Gasteiger partial charge on any atom is 0.417 e. The lowest BCUT2D eigenvalue weighted by molar-refractivity contribution is -0.147. The highest BCUT2D eigenvalue weighted by molar-refractivity contribution is 6.99. The number of nitrogens with zero attached hydrogens (tertiary/aromatic N) is 1. The van der Waals surface area contributed by atoms with Crippen LogP contribution in [0.1, 0.15) is 53.5 Å². The van der Waals surface area contributed by atoms with Crippen molar-refractivity contribution in [3.63, 3.8) is 0 Å². The van der Waals surface area contributed by atoms with Gasteiger partial charge < -0.3 is 18.6 Å². The van der Waals surface area contributed by atoms with Gasteiger partial charge in [-0.1, -0.05) is 112 Å². The molecule has 8 heteroatoms. The third-order valence-electron chi connectivity index (χ3n) is 7.33. The molecular weight excluding hydrogens is 546 g/mol. The first-order valence-electron chi connectivity index (χ1n) is 14.5. The molecule has 0 aromatic heterocycles. The van der Waals surface area contributed by atoms with Crippen LogP contribution in [0.15, 0.2) is 91.0 Å². The van der Waals surface area contributed by atoms with E-state index in [2.05, 4.69) is 45.0 Å². The second kappa shape index (κ2) is 13.3.